The zero-order valence-electron chi connectivity index (χ0n) is 8.99. The number of aryl methyl sites for hydroxylation is 1. The number of carbonyl (C=O) groups excluding carboxylic acids is 1. The van der Waals surface area contributed by atoms with Gasteiger partial charge in [-0.05, 0) is 30.5 Å². The van der Waals surface area contributed by atoms with E-state index in [9.17, 15) is 4.79 Å². The van der Waals surface area contributed by atoms with Crippen LogP contribution in [0, 0.1) is 6.92 Å². The minimum absolute atomic E-state index is 0.253. The average Bonchev–Trinajstić information content (AvgIpc) is 2.57. The molecule has 1 atom stereocenters. The molecule has 15 heavy (non-hydrogen) atoms. The van der Waals surface area contributed by atoms with Crippen LogP contribution in [-0.4, -0.2) is 6.29 Å². The van der Waals surface area contributed by atoms with Gasteiger partial charge in [0.2, 0.25) is 0 Å². The summed E-state index contributed by atoms with van der Waals surface area (Å²) in [5, 5.41) is 1.13. The van der Waals surface area contributed by atoms with Gasteiger partial charge in [-0.3, -0.25) is 0 Å². The van der Waals surface area contributed by atoms with Crippen LogP contribution >= 0.6 is 0 Å². The van der Waals surface area contributed by atoms with Crippen LogP contribution in [0.15, 0.2) is 28.7 Å². The molecule has 0 fully saturated rings. The first-order chi connectivity index (χ1) is 7.22. The number of hydrogen-bond acceptors (Lipinski definition) is 2. The molecule has 1 unspecified atom stereocenters. The van der Waals surface area contributed by atoms with Gasteiger partial charge in [0.15, 0.2) is 0 Å². The Morgan fingerprint density at radius 2 is 2.27 bits per heavy atom. The maximum absolute atomic E-state index is 10.5. The van der Waals surface area contributed by atoms with Gasteiger partial charge in [-0.15, -0.1) is 0 Å². The minimum Gasteiger partial charge on any atom is -0.461 e. The predicted octanol–water partition coefficient (Wildman–Crippen LogP) is 3.43. The topological polar surface area (TPSA) is 30.2 Å². The molecule has 0 amide bonds. The maximum atomic E-state index is 10.5. The van der Waals surface area contributed by atoms with Crippen molar-refractivity contribution < 1.29 is 9.21 Å². The van der Waals surface area contributed by atoms with E-state index < -0.39 is 0 Å². The second-order valence-electron chi connectivity index (χ2n) is 3.92. The zero-order chi connectivity index (χ0) is 10.8. The number of fused-ring (bicyclic) bond motifs is 1. The van der Waals surface area contributed by atoms with E-state index in [0.717, 1.165) is 23.0 Å². The van der Waals surface area contributed by atoms with Crippen LogP contribution in [0.5, 0.6) is 0 Å². The lowest BCUT2D eigenvalue weighted by atomic mass is 9.95. The van der Waals surface area contributed by atoms with Crippen LogP contribution in [0.1, 0.15) is 30.6 Å². The summed E-state index contributed by atoms with van der Waals surface area (Å²) in [6.07, 6.45) is 1.53. The van der Waals surface area contributed by atoms with E-state index in [4.69, 9.17) is 4.42 Å². The Kier molecular flexibility index (Phi) is 2.58. The van der Waals surface area contributed by atoms with Crippen molar-refractivity contribution in [3.63, 3.8) is 0 Å². The molecule has 0 saturated carbocycles. The van der Waals surface area contributed by atoms with Gasteiger partial charge in [-0.25, -0.2) is 0 Å². The molecule has 0 aliphatic rings. The molecule has 0 radical (unpaired) electrons. The fraction of sp³-hybridized carbons (Fsp3) is 0.308. The first-order valence-electron chi connectivity index (χ1n) is 5.15. The van der Waals surface area contributed by atoms with Crippen LogP contribution in [0.2, 0.25) is 0 Å². The van der Waals surface area contributed by atoms with Gasteiger partial charge >= 0.3 is 0 Å². The highest BCUT2D eigenvalue weighted by Crippen LogP contribution is 2.29. The van der Waals surface area contributed by atoms with Crippen LogP contribution < -0.4 is 0 Å². The SMILES string of the molecule is Cc1cc2c(C(C)CC=O)cccc2o1. The van der Waals surface area contributed by atoms with E-state index in [0.29, 0.717) is 6.42 Å². The van der Waals surface area contributed by atoms with Crippen molar-refractivity contribution in [3.8, 4) is 0 Å². The maximum Gasteiger partial charge on any atom is 0.134 e. The predicted molar refractivity (Wildman–Crippen MR) is 60.0 cm³/mol. The van der Waals surface area contributed by atoms with E-state index in [1.165, 1.54) is 5.56 Å². The first kappa shape index (κ1) is 9.97. The van der Waals surface area contributed by atoms with Gasteiger partial charge in [0.05, 0.1) is 0 Å². The Hall–Kier alpha value is -1.57. The molecule has 2 rings (SSSR count). The van der Waals surface area contributed by atoms with Gasteiger partial charge in [0, 0.05) is 11.8 Å². The summed E-state index contributed by atoms with van der Waals surface area (Å²) < 4.78 is 5.55. The molecule has 78 valence electrons. The molecule has 0 aliphatic carbocycles. The van der Waals surface area contributed by atoms with E-state index in [-0.39, 0.29) is 5.92 Å². The summed E-state index contributed by atoms with van der Waals surface area (Å²) in [6, 6.07) is 8.03. The summed E-state index contributed by atoms with van der Waals surface area (Å²) >= 11 is 0. The molecule has 0 saturated heterocycles. The largest absolute Gasteiger partial charge is 0.461 e. The van der Waals surface area contributed by atoms with E-state index in [2.05, 4.69) is 13.0 Å². The summed E-state index contributed by atoms with van der Waals surface area (Å²) in [7, 11) is 0. The molecule has 2 nitrogen and oxygen atoms in total. The fourth-order valence-corrected chi connectivity index (χ4v) is 1.91. The molecule has 1 aromatic carbocycles. The molecule has 2 aromatic rings. The lowest BCUT2D eigenvalue weighted by Crippen LogP contribution is -1.94. The Morgan fingerprint density at radius 3 is 3.00 bits per heavy atom. The number of benzene rings is 1. The van der Waals surface area contributed by atoms with Gasteiger partial charge in [-0.1, -0.05) is 19.1 Å². The third-order valence-electron chi connectivity index (χ3n) is 2.70. The molecule has 0 bridgehead atoms. The molecule has 0 spiro atoms. The highest BCUT2D eigenvalue weighted by atomic mass is 16.3. The summed E-state index contributed by atoms with van der Waals surface area (Å²) in [6.45, 7) is 4.00. The van der Waals surface area contributed by atoms with Crippen molar-refractivity contribution in [2.45, 2.75) is 26.2 Å². The van der Waals surface area contributed by atoms with Crippen molar-refractivity contribution in [2.24, 2.45) is 0 Å². The number of carbonyl (C=O) groups is 1. The molecule has 0 N–H and O–H groups in total. The second kappa shape index (κ2) is 3.89. The average molecular weight is 202 g/mol. The third-order valence-corrected chi connectivity index (χ3v) is 2.70. The lowest BCUT2D eigenvalue weighted by molar-refractivity contribution is -0.108. The molecule has 2 heteroatoms. The highest BCUT2D eigenvalue weighted by Gasteiger charge is 2.11. The normalized spacial score (nSPS) is 12.9. The number of aldehydes is 1. The Labute approximate surface area is 88.9 Å². The monoisotopic (exact) mass is 202 g/mol. The standard InChI is InChI=1S/C13H14O2/c1-9(6-7-14)11-4-3-5-13-12(11)8-10(2)15-13/h3-5,7-9H,6H2,1-2H3. The lowest BCUT2D eigenvalue weighted by Gasteiger charge is -2.08. The van der Waals surface area contributed by atoms with Gasteiger partial charge in [0.25, 0.3) is 0 Å². The summed E-state index contributed by atoms with van der Waals surface area (Å²) in [5.41, 5.74) is 2.10. The molecule has 0 aliphatic heterocycles. The molecular formula is C13H14O2. The minimum atomic E-state index is 0.253. The summed E-state index contributed by atoms with van der Waals surface area (Å²) in [4.78, 5) is 10.5. The molecule has 1 aromatic heterocycles. The number of rotatable bonds is 3. The first-order valence-corrected chi connectivity index (χ1v) is 5.15. The van der Waals surface area contributed by atoms with E-state index in [1.54, 1.807) is 0 Å². The van der Waals surface area contributed by atoms with Crippen LogP contribution in [-0.2, 0) is 4.79 Å². The highest BCUT2D eigenvalue weighted by molar-refractivity contribution is 5.82. The summed E-state index contributed by atoms with van der Waals surface area (Å²) in [5.74, 6) is 1.17. The van der Waals surface area contributed by atoms with Gasteiger partial charge in [-0.2, -0.15) is 0 Å². The number of hydrogen-bond donors (Lipinski definition) is 0. The Balaban J connectivity index is 2.54. The van der Waals surface area contributed by atoms with Crippen molar-refractivity contribution >= 4 is 17.3 Å². The quantitative estimate of drug-likeness (QED) is 0.714. The van der Waals surface area contributed by atoms with Crippen molar-refractivity contribution in [3.05, 3.63) is 35.6 Å². The smallest absolute Gasteiger partial charge is 0.134 e. The molecule has 1 heterocycles. The van der Waals surface area contributed by atoms with Gasteiger partial charge < -0.3 is 9.21 Å². The van der Waals surface area contributed by atoms with Crippen molar-refractivity contribution in [1.82, 2.24) is 0 Å². The zero-order valence-corrected chi connectivity index (χ0v) is 8.99. The van der Waals surface area contributed by atoms with Crippen LogP contribution in [0.3, 0.4) is 0 Å². The Bertz CT molecular complexity index is 482. The van der Waals surface area contributed by atoms with Gasteiger partial charge in [0.1, 0.15) is 17.6 Å². The van der Waals surface area contributed by atoms with Crippen LogP contribution in [0.25, 0.3) is 11.0 Å². The third kappa shape index (κ3) is 1.80. The van der Waals surface area contributed by atoms with E-state index >= 15 is 0 Å². The van der Waals surface area contributed by atoms with Crippen molar-refractivity contribution in [2.75, 3.05) is 0 Å². The van der Waals surface area contributed by atoms with E-state index in [1.807, 2.05) is 25.1 Å². The van der Waals surface area contributed by atoms with Crippen LogP contribution in [0.4, 0.5) is 0 Å². The fourth-order valence-electron chi connectivity index (χ4n) is 1.91. The number of furan rings is 1. The second-order valence-corrected chi connectivity index (χ2v) is 3.92. The molecular weight excluding hydrogens is 188 g/mol. The Morgan fingerprint density at radius 1 is 1.47 bits per heavy atom. The van der Waals surface area contributed by atoms with Crippen molar-refractivity contribution in [1.29, 1.82) is 0 Å².